The maximum atomic E-state index is 13.8. The van der Waals surface area contributed by atoms with E-state index in [2.05, 4.69) is 24.0 Å². The molecule has 28 heavy (non-hydrogen) atoms. The normalized spacial score (nSPS) is 26.0. The number of sulfone groups is 1. The van der Waals surface area contributed by atoms with Crippen molar-refractivity contribution in [2.24, 2.45) is 0 Å². The Morgan fingerprint density at radius 3 is 2.11 bits per heavy atom. The predicted octanol–water partition coefficient (Wildman–Crippen LogP) is 2.13. The van der Waals surface area contributed by atoms with Crippen molar-refractivity contribution in [1.82, 2.24) is 9.80 Å². The van der Waals surface area contributed by atoms with Crippen LogP contribution in [0.5, 0.6) is 0 Å². The van der Waals surface area contributed by atoms with Crippen molar-refractivity contribution in [1.29, 1.82) is 0 Å². The molecular weight excluding hydrogens is 372 g/mol. The van der Waals surface area contributed by atoms with Gasteiger partial charge in [-0.2, -0.15) is 0 Å². The van der Waals surface area contributed by atoms with Gasteiger partial charge in [0.1, 0.15) is 0 Å². The van der Waals surface area contributed by atoms with Crippen molar-refractivity contribution >= 4 is 15.7 Å². The molecule has 5 rings (SSSR count). The zero-order chi connectivity index (χ0) is 19.5. The number of rotatable bonds is 2. The second kappa shape index (κ2) is 6.42. The van der Waals surface area contributed by atoms with Crippen molar-refractivity contribution in [3.63, 3.8) is 0 Å². The van der Waals surface area contributed by atoms with Gasteiger partial charge in [0.05, 0.1) is 23.5 Å². The maximum Gasteiger partial charge on any atom is 0.235 e. The highest BCUT2D eigenvalue weighted by Gasteiger charge is 2.49. The predicted molar refractivity (Wildman–Crippen MR) is 109 cm³/mol. The summed E-state index contributed by atoms with van der Waals surface area (Å²) in [6.45, 7) is 4.19. The van der Waals surface area contributed by atoms with Crippen LogP contribution in [0.1, 0.15) is 24.0 Å². The van der Waals surface area contributed by atoms with E-state index in [-0.39, 0.29) is 35.4 Å². The second-order valence-electron chi connectivity index (χ2n) is 7.98. The molecule has 2 fully saturated rings. The molecule has 0 unspecified atom stereocenters. The highest BCUT2D eigenvalue weighted by atomic mass is 32.2. The molecule has 1 amide bonds. The van der Waals surface area contributed by atoms with E-state index in [9.17, 15) is 13.2 Å². The third-order valence-corrected chi connectivity index (χ3v) is 8.26. The quantitative estimate of drug-likeness (QED) is 0.780. The molecule has 2 saturated heterocycles. The van der Waals surface area contributed by atoms with Gasteiger partial charge in [0.2, 0.25) is 5.91 Å². The summed E-state index contributed by atoms with van der Waals surface area (Å²) in [5, 5.41) is 0. The van der Waals surface area contributed by atoms with Crippen LogP contribution in [0, 0.1) is 0 Å². The van der Waals surface area contributed by atoms with Gasteiger partial charge in [0, 0.05) is 19.1 Å². The van der Waals surface area contributed by atoms with E-state index >= 15 is 0 Å². The first-order chi connectivity index (χ1) is 13.5. The summed E-state index contributed by atoms with van der Waals surface area (Å²) in [6, 6.07) is 15.8. The molecule has 3 aliphatic rings. The number of carbonyl (C=O) groups is 1. The largest absolute Gasteiger partial charge is 0.335 e. The molecule has 2 atom stereocenters. The lowest BCUT2D eigenvalue weighted by Crippen LogP contribution is -2.61. The van der Waals surface area contributed by atoms with Crippen molar-refractivity contribution < 1.29 is 13.2 Å². The summed E-state index contributed by atoms with van der Waals surface area (Å²) < 4.78 is 24.8. The fraction of sp³-hybridized carbons (Fsp3) is 0.409. The molecule has 1 aliphatic carbocycles. The van der Waals surface area contributed by atoms with Gasteiger partial charge in [-0.15, -0.1) is 0 Å². The summed E-state index contributed by atoms with van der Waals surface area (Å²) in [7, 11) is -3.12. The van der Waals surface area contributed by atoms with E-state index in [0.29, 0.717) is 6.54 Å². The van der Waals surface area contributed by atoms with Gasteiger partial charge in [-0.3, -0.25) is 9.69 Å². The SMILES string of the molecule is CCN1CCN(C(=O)C2c3ccccc3-c3ccccc32)[C@H]2CS(=O)(=O)C[C@H]21. The first kappa shape index (κ1) is 17.9. The number of carbonyl (C=O) groups excluding carboxylic acids is 1. The molecule has 2 aromatic rings. The van der Waals surface area contributed by atoms with Crippen LogP contribution < -0.4 is 0 Å². The van der Waals surface area contributed by atoms with Crippen LogP contribution in [0.3, 0.4) is 0 Å². The third-order valence-electron chi connectivity index (χ3n) is 6.56. The van der Waals surface area contributed by atoms with E-state index in [1.807, 2.05) is 41.3 Å². The summed E-state index contributed by atoms with van der Waals surface area (Å²) in [5.41, 5.74) is 4.28. The Labute approximate surface area is 165 Å². The average molecular weight is 397 g/mol. The molecule has 0 radical (unpaired) electrons. The Hall–Kier alpha value is -2.18. The number of nitrogens with zero attached hydrogens (tertiary/aromatic N) is 2. The average Bonchev–Trinajstić information content (AvgIpc) is 3.20. The molecule has 2 aliphatic heterocycles. The second-order valence-corrected chi connectivity index (χ2v) is 10.1. The van der Waals surface area contributed by atoms with Crippen molar-refractivity contribution in [3.05, 3.63) is 59.7 Å². The minimum absolute atomic E-state index is 0.0419. The number of hydrogen-bond donors (Lipinski definition) is 0. The van der Waals surface area contributed by atoms with Crippen molar-refractivity contribution in [2.75, 3.05) is 31.1 Å². The first-order valence-corrected chi connectivity index (χ1v) is 11.8. The lowest BCUT2D eigenvalue weighted by molar-refractivity contribution is -0.137. The minimum Gasteiger partial charge on any atom is -0.335 e. The topological polar surface area (TPSA) is 57.7 Å². The minimum atomic E-state index is -3.12. The van der Waals surface area contributed by atoms with Crippen LogP contribution in [0.4, 0.5) is 0 Å². The number of amides is 1. The molecule has 146 valence electrons. The van der Waals surface area contributed by atoms with Crippen molar-refractivity contribution in [2.45, 2.75) is 24.9 Å². The fourth-order valence-corrected chi connectivity index (χ4v) is 7.29. The molecule has 0 saturated carbocycles. The van der Waals surface area contributed by atoms with Crippen molar-refractivity contribution in [3.8, 4) is 11.1 Å². The van der Waals surface area contributed by atoms with Gasteiger partial charge in [-0.1, -0.05) is 55.5 Å². The number of benzene rings is 2. The van der Waals surface area contributed by atoms with E-state index in [4.69, 9.17) is 0 Å². The van der Waals surface area contributed by atoms with Gasteiger partial charge in [-0.25, -0.2) is 8.42 Å². The zero-order valence-corrected chi connectivity index (χ0v) is 16.7. The summed E-state index contributed by atoms with van der Waals surface area (Å²) in [4.78, 5) is 17.9. The van der Waals surface area contributed by atoms with E-state index in [1.54, 1.807) is 0 Å². The van der Waals surface area contributed by atoms with E-state index in [1.165, 1.54) is 0 Å². The van der Waals surface area contributed by atoms with E-state index < -0.39 is 9.84 Å². The molecular formula is C22H24N2O3S. The number of piperazine rings is 1. The van der Waals surface area contributed by atoms with Crippen LogP contribution in [0.25, 0.3) is 11.1 Å². The monoisotopic (exact) mass is 396 g/mol. The van der Waals surface area contributed by atoms with Gasteiger partial charge in [-0.05, 0) is 28.8 Å². The Morgan fingerprint density at radius 1 is 0.929 bits per heavy atom. The van der Waals surface area contributed by atoms with Gasteiger partial charge >= 0.3 is 0 Å². The van der Waals surface area contributed by atoms with Crippen LogP contribution >= 0.6 is 0 Å². The van der Waals surface area contributed by atoms with Gasteiger partial charge in [0.25, 0.3) is 0 Å². The maximum absolute atomic E-state index is 13.8. The molecule has 5 nitrogen and oxygen atoms in total. The third kappa shape index (κ3) is 2.62. The highest BCUT2D eigenvalue weighted by Crippen LogP contribution is 2.46. The molecule has 0 spiro atoms. The fourth-order valence-electron chi connectivity index (χ4n) is 5.28. The van der Waals surface area contributed by atoms with Gasteiger partial charge < -0.3 is 4.90 Å². The smallest absolute Gasteiger partial charge is 0.235 e. The summed E-state index contributed by atoms with van der Waals surface area (Å²) in [6.07, 6.45) is 0. The number of hydrogen-bond acceptors (Lipinski definition) is 4. The zero-order valence-electron chi connectivity index (χ0n) is 15.9. The summed E-state index contributed by atoms with van der Waals surface area (Å²) >= 11 is 0. The molecule has 0 N–H and O–H groups in total. The van der Waals surface area contributed by atoms with Crippen LogP contribution in [-0.2, 0) is 14.6 Å². The Morgan fingerprint density at radius 2 is 1.50 bits per heavy atom. The Kier molecular flexibility index (Phi) is 4.10. The van der Waals surface area contributed by atoms with Crippen LogP contribution in [-0.4, -0.2) is 67.3 Å². The Balaban J connectivity index is 1.55. The van der Waals surface area contributed by atoms with Crippen LogP contribution in [0.2, 0.25) is 0 Å². The number of fused-ring (bicyclic) bond motifs is 4. The number of likely N-dealkylation sites (N-methyl/N-ethyl adjacent to an activating group) is 1. The summed E-state index contributed by atoms with van der Waals surface area (Å²) in [5.74, 6) is -0.0620. The molecule has 6 heteroatoms. The first-order valence-electron chi connectivity index (χ1n) is 9.93. The highest BCUT2D eigenvalue weighted by molar-refractivity contribution is 7.91. The molecule has 0 aromatic heterocycles. The molecule has 2 heterocycles. The lowest BCUT2D eigenvalue weighted by atomic mass is 9.93. The van der Waals surface area contributed by atoms with Gasteiger partial charge in [0.15, 0.2) is 9.84 Å². The standard InChI is InChI=1S/C22H24N2O3S/c1-2-23-11-12-24(20-14-28(26,27)13-19(20)23)22(25)21-17-9-5-3-7-15(17)16-8-4-6-10-18(16)21/h3-10,19-21H,2,11-14H2,1H3/t19-,20+/m1/s1. The molecule has 2 aromatic carbocycles. The molecule has 0 bridgehead atoms. The Bertz CT molecular complexity index is 1000. The van der Waals surface area contributed by atoms with E-state index in [0.717, 1.165) is 35.3 Å². The van der Waals surface area contributed by atoms with Crippen LogP contribution in [0.15, 0.2) is 48.5 Å². The lowest BCUT2D eigenvalue weighted by Gasteiger charge is -2.44.